The molecule has 2 heterocycles. The molecule has 0 saturated carbocycles. The van der Waals surface area contributed by atoms with Crippen molar-refractivity contribution in [3.63, 3.8) is 0 Å². The second-order valence-corrected chi connectivity index (χ2v) is 7.53. The smallest absolute Gasteiger partial charge is 0.0346 e. The van der Waals surface area contributed by atoms with Crippen LogP contribution in [0.15, 0.2) is 36.7 Å². The van der Waals surface area contributed by atoms with Crippen LogP contribution in [-0.4, -0.2) is 46.0 Å². The van der Waals surface area contributed by atoms with Gasteiger partial charge < -0.3 is 0 Å². The average molecular weight is 304 g/mol. The van der Waals surface area contributed by atoms with Gasteiger partial charge in [0.2, 0.25) is 0 Å². The lowest BCUT2D eigenvalue weighted by molar-refractivity contribution is 0.275. The summed E-state index contributed by atoms with van der Waals surface area (Å²) in [5.74, 6) is 5.12. The van der Waals surface area contributed by atoms with Crippen molar-refractivity contribution in [2.45, 2.75) is 12.6 Å². The first kappa shape index (κ1) is 14.2. The maximum atomic E-state index is 4.22. The van der Waals surface area contributed by atoms with Gasteiger partial charge in [0.05, 0.1) is 0 Å². The predicted octanol–water partition coefficient (Wildman–Crippen LogP) is 3.52. The molecule has 0 N–H and O–H groups in total. The number of benzene rings is 1. The minimum absolute atomic E-state index is 0.685. The topological polar surface area (TPSA) is 16.1 Å². The van der Waals surface area contributed by atoms with Gasteiger partial charge in [-0.25, -0.2) is 0 Å². The molecule has 1 fully saturated rings. The Balaban J connectivity index is 1.78. The third kappa shape index (κ3) is 3.30. The zero-order valence-electron chi connectivity index (χ0n) is 11.8. The Morgan fingerprint density at radius 3 is 2.80 bits per heavy atom. The molecule has 0 unspecified atom stereocenters. The molecule has 0 atom stereocenters. The number of hydrogen-bond donors (Lipinski definition) is 0. The van der Waals surface area contributed by atoms with Crippen molar-refractivity contribution >= 4 is 34.3 Å². The maximum Gasteiger partial charge on any atom is 0.0346 e. The van der Waals surface area contributed by atoms with Gasteiger partial charge in [-0.15, -0.1) is 0 Å². The molecule has 1 saturated heterocycles. The first-order chi connectivity index (χ1) is 9.84. The highest BCUT2D eigenvalue weighted by Gasteiger charge is 2.18. The molecule has 4 heteroatoms. The van der Waals surface area contributed by atoms with Crippen molar-refractivity contribution in [2.24, 2.45) is 0 Å². The molecule has 2 aromatic rings. The Morgan fingerprint density at radius 1 is 1.20 bits per heavy atom. The number of hydrogen-bond acceptors (Lipinski definition) is 4. The van der Waals surface area contributed by atoms with Crippen molar-refractivity contribution in [1.82, 2.24) is 9.88 Å². The molecular formula is C16H20N2S2. The normalized spacial score (nSPS) is 17.5. The molecule has 0 amide bonds. The highest BCUT2D eigenvalue weighted by molar-refractivity contribution is 8.03. The fourth-order valence-electron chi connectivity index (χ4n) is 2.58. The molecule has 0 bridgehead atoms. The van der Waals surface area contributed by atoms with Crippen molar-refractivity contribution in [3.05, 3.63) is 42.2 Å². The van der Waals surface area contributed by atoms with E-state index in [-0.39, 0.29) is 0 Å². The fraction of sp³-hybridized carbons (Fsp3) is 0.438. The third-order valence-corrected chi connectivity index (χ3v) is 6.29. The monoisotopic (exact) mass is 304 g/mol. The lowest BCUT2D eigenvalue weighted by Crippen LogP contribution is -2.35. The largest absolute Gasteiger partial charge is 0.297 e. The predicted molar refractivity (Wildman–Crippen MR) is 91.6 cm³/mol. The van der Waals surface area contributed by atoms with E-state index in [1.807, 2.05) is 12.4 Å². The molecule has 0 aliphatic carbocycles. The van der Waals surface area contributed by atoms with Crippen LogP contribution in [0.4, 0.5) is 0 Å². The lowest BCUT2D eigenvalue weighted by atomic mass is 10.1. The highest BCUT2D eigenvalue weighted by atomic mass is 32.2. The van der Waals surface area contributed by atoms with Gasteiger partial charge in [-0.2, -0.15) is 23.5 Å². The Bertz CT molecular complexity index is 560. The molecule has 0 radical (unpaired) electrons. The number of nitrogens with zero attached hydrogens (tertiary/aromatic N) is 2. The van der Waals surface area contributed by atoms with Gasteiger partial charge in [-0.3, -0.25) is 9.88 Å². The van der Waals surface area contributed by atoms with E-state index < -0.39 is 0 Å². The summed E-state index contributed by atoms with van der Waals surface area (Å²) in [7, 11) is 2.26. The van der Waals surface area contributed by atoms with Crippen molar-refractivity contribution in [3.8, 4) is 0 Å². The van der Waals surface area contributed by atoms with Gasteiger partial charge in [-0.1, -0.05) is 18.2 Å². The average Bonchev–Trinajstić information content (AvgIpc) is 2.77. The molecule has 20 heavy (non-hydrogen) atoms. The molecule has 1 aromatic heterocycles. The summed E-state index contributed by atoms with van der Waals surface area (Å²) in [5.41, 5.74) is 1.41. The summed E-state index contributed by atoms with van der Waals surface area (Å²) in [6.07, 6.45) is 3.85. The van der Waals surface area contributed by atoms with E-state index in [1.54, 1.807) is 0 Å². The lowest BCUT2D eigenvalue weighted by Gasteiger charge is -2.26. The zero-order chi connectivity index (χ0) is 13.8. The Morgan fingerprint density at radius 2 is 2.00 bits per heavy atom. The highest BCUT2D eigenvalue weighted by Crippen LogP contribution is 2.23. The Hall–Kier alpha value is -0.710. The van der Waals surface area contributed by atoms with Gasteiger partial charge in [0.15, 0.2) is 0 Å². The Kier molecular flexibility index (Phi) is 4.86. The summed E-state index contributed by atoms with van der Waals surface area (Å²) in [6, 6.07) is 9.35. The molecule has 1 aliphatic rings. The van der Waals surface area contributed by atoms with E-state index in [2.05, 4.69) is 64.7 Å². The van der Waals surface area contributed by atoms with Gasteiger partial charge in [0.25, 0.3) is 0 Å². The first-order valence-electron chi connectivity index (χ1n) is 7.02. The zero-order valence-corrected chi connectivity index (χ0v) is 13.4. The van der Waals surface area contributed by atoms with E-state index in [4.69, 9.17) is 0 Å². The third-order valence-electron chi connectivity index (χ3n) is 3.81. The molecular weight excluding hydrogens is 284 g/mol. The van der Waals surface area contributed by atoms with Crippen molar-refractivity contribution < 1.29 is 0 Å². The molecule has 1 aromatic carbocycles. The van der Waals surface area contributed by atoms with E-state index in [9.17, 15) is 0 Å². The minimum Gasteiger partial charge on any atom is -0.297 e. The number of aromatic nitrogens is 1. The van der Waals surface area contributed by atoms with Crippen LogP contribution in [0.5, 0.6) is 0 Å². The van der Waals surface area contributed by atoms with E-state index in [1.165, 1.54) is 39.3 Å². The summed E-state index contributed by atoms with van der Waals surface area (Å²) in [5, 5.41) is 2.58. The van der Waals surface area contributed by atoms with Gasteiger partial charge in [0, 0.05) is 53.4 Å². The van der Waals surface area contributed by atoms with Crippen LogP contribution in [0.1, 0.15) is 5.56 Å². The SMILES string of the molecule is CN(Cc1cccc2cnccc12)C1CSCCSC1. The summed E-state index contributed by atoms with van der Waals surface area (Å²) in [6.45, 7) is 1.02. The number of thioether (sulfide) groups is 2. The molecule has 2 nitrogen and oxygen atoms in total. The van der Waals surface area contributed by atoms with E-state index >= 15 is 0 Å². The van der Waals surface area contributed by atoms with Crippen LogP contribution < -0.4 is 0 Å². The fourth-order valence-corrected chi connectivity index (χ4v) is 5.30. The van der Waals surface area contributed by atoms with Crippen LogP contribution in [0.25, 0.3) is 10.8 Å². The van der Waals surface area contributed by atoms with E-state index in [0.29, 0.717) is 6.04 Å². The van der Waals surface area contributed by atoms with Crippen LogP contribution in [0.2, 0.25) is 0 Å². The van der Waals surface area contributed by atoms with Crippen LogP contribution >= 0.6 is 23.5 Å². The van der Waals surface area contributed by atoms with Crippen molar-refractivity contribution in [2.75, 3.05) is 30.1 Å². The number of fused-ring (bicyclic) bond motifs is 1. The maximum absolute atomic E-state index is 4.22. The van der Waals surface area contributed by atoms with Crippen LogP contribution in [0, 0.1) is 0 Å². The molecule has 106 valence electrons. The summed E-state index contributed by atoms with van der Waals surface area (Å²) >= 11 is 4.19. The van der Waals surface area contributed by atoms with Gasteiger partial charge in [-0.05, 0) is 24.1 Å². The standard InChI is InChI=1S/C16H20N2S2/c1-18(15-11-19-7-8-20-12-15)10-14-4-2-3-13-9-17-6-5-16(13)14/h2-6,9,15H,7-8,10-12H2,1H3. The quantitative estimate of drug-likeness (QED) is 0.862. The van der Waals surface area contributed by atoms with Gasteiger partial charge in [0.1, 0.15) is 0 Å². The Labute approximate surface area is 129 Å². The minimum atomic E-state index is 0.685. The van der Waals surface area contributed by atoms with Gasteiger partial charge >= 0.3 is 0 Å². The second-order valence-electron chi connectivity index (χ2n) is 5.23. The summed E-state index contributed by atoms with van der Waals surface area (Å²) < 4.78 is 0. The number of pyridine rings is 1. The molecule has 1 aliphatic heterocycles. The number of rotatable bonds is 3. The summed E-state index contributed by atoms with van der Waals surface area (Å²) in [4.78, 5) is 6.73. The first-order valence-corrected chi connectivity index (χ1v) is 9.33. The molecule has 0 spiro atoms. The molecule has 3 rings (SSSR count). The van der Waals surface area contributed by atoms with Crippen LogP contribution in [-0.2, 0) is 6.54 Å². The van der Waals surface area contributed by atoms with E-state index in [0.717, 1.165) is 6.54 Å². The van der Waals surface area contributed by atoms with Crippen LogP contribution in [0.3, 0.4) is 0 Å². The van der Waals surface area contributed by atoms with Crippen molar-refractivity contribution in [1.29, 1.82) is 0 Å². The second kappa shape index (κ2) is 6.83.